The summed E-state index contributed by atoms with van der Waals surface area (Å²) in [6, 6.07) is 7.40. The first-order chi connectivity index (χ1) is 12.5. The molecule has 136 valence electrons. The number of aryl methyl sites for hydroxylation is 2. The Morgan fingerprint density at radius 3 is 2.69 bits per heavy atom. The van der Waals surface area contributed by atoms with Crippen molar-refractivity contribution in [3.63, 3.8) is 0 Å². The standard InChI is InChI=1S/C19H20N2O4S/c22-16(23)5-2-9-20-18(25)15-8-10-26-19(15)21-17(24)14-7-6-12-3-1-4-13(12)11-14/h6-8,10-11H,1-5,9H2,(H,20,25)(H,21,24)(H,22,23). The highest BCUT2D eigenvalue weighted by Gasteiger charge is 2.18. The number of aliphatic carboxylic acids is 1. The first-order valence-electron chi connectivity index (χ1n) is 8.55. The lowest BCUT2D eigenvalue weighted by Crippen LogP contribution is -2.25. The molecule has 1 aromatic heterocycles. The second kappa shape index (κ2) is 8.14. The van der Waals surface area contributed by atoms with Crippen LogP contribution in [0.4, 0.5) is 5.00 Å². The van der Waals surface area contributed by atoms with E-state index in [1.54, 1.807) is 11.4 Å². The van der Waals surface area contributed by atoms with Gasteiger partial charge in [0.2, 0.25) is 0 Å². The number of anilines is 1. The number of nitrogens with one attached hydrogen (secondary N) is 2. The molecule has 2 amide bonds. The van der Waals surface area contributed by atoms with Crippen LogP contribution in [0.25, 0.3) is 0 Å². The fraction of sp³-hybridized carbons (Fsp3) is 0.316. The van der Waals surface area contributed by atoms with Crippen molar-refractivity contribution in [2.75, 3.05) is 11.9 Å². The van der Waals surface area contributed by atoms with E-state index in [-0.39, 0.29) is 24.8 Å². The maximum absolute atomic E-state index is 12.5. The lowest BCUT2D eigenvalue weighted by atomic mass is 10.1. The number of amides is 2. The third-order valence-electron chi connectivity index (χ3n) is 4.35. The van der Waals surface area contributed by atoms with Gasteiger partial charge in [0.15, 0.2) is 0 Å². The van der Waals surface area contributed by atoms with E-state index in [1.165, 1.54) is 22.5 Å². The Hall–Kier alpha value is -2.67. The van der Waals surface area contributed by atoms with Gasteiger partial charge in [0.25, 0.3) is 11.8 Å². The second-order valence-electron chi connectivity index (χ2n) is 6.21. The van der Waals surface area contributed by atoms with Gasteiger partial charge in [0.05, 0.1) is 5.56 Å². The molecule has 0 saturated heterocycles. The summed E-state index contributed by atoms with van der Waals surface area (Å²) in [5.41, 5.74) is 3.51. The minimum Gasteiger partial charge on any atom is -0.481 e. The van der Waals surface area contributed by atoms with Gasteiger partial charge >= 0.3 is 5.97 Å². The highest BCUT2D eigenvalue weighted by molar-refractivity contribution is 7.14. The summed E-state index contributed by atoms with van der Waals surface area (Å²) in [4.78, 5) is 35.3. The van der Waals surface area contributed by atoms with Crippen molar-refractivity contribution in [1.82, 2.24) is 5.32 Å². The Bertz CT molecular complexity index is 844. The maximum Gasteiger partial charge on any atom is 0.303 e. The predicted octanol–water partition coefficient (Wildman–Crippen LogP) is 3.08. The van der Waals surface area contributed by atoms with Gasteiger partial charge in [0, 0.05) is 18.5 Å². The van der Waals surface area contributed by atoms with Gasteiger partial charge in [0.1, 0.15) is 5.00 Å². The number of hydrogen-bond acceptors (Lipinski definition) is 4. The van der Waals surface area contributed by atoms with Crippen LogP contribution in [0.5, 0.6) is 0 Å². The molecular weight excluding hydrogens is 352 g/mol. The maximum atomic E-state index is 12.5. The number of carboxylic acid groups (broad SMARTS) is 1. The number of carboxylic acids is 1. The molecule has 26 heavy (non-hydrogen) atoms. The monoisotopic (exact) mass is 372 g/mol. The van der Waals surface area contributed by atoms with E-state index in [4.69, 9.17) is 5.11 Å². The Balaban J connectivity index is 1.62. The molecule has 1 heterocycles. The highest BCUT2D eigenvalue weighted by Crippen LogP contribution is 2.26. The van der Waals surface area contributed by atoms with E-state index in [1.807, 2.05) is 18.2 Å². The zero-order valence-electron chi connectivity index (χ0n) is 14.2. The van der Waals surface area contributed by atoms with E-state index in [9.17, 15) is 14.4 Å². The van der Waals surface area contributed by atoms with Gasteiger partial charge in [-0.3, -0.25) is 14.4 Å². The van der Waals surface area contributed by atoms with Gasteiger partial charge in [-0.25, -0.2) is 0 Å². The molecule has 0 atom stereocenters. The molecule has 0 spiro atoms. The van der Waals surface area contributed by atoms with E-state index < -0.39 is 5.97 Å². The molecule has 7 heteroatoms. The van der Waals surface area contributed by atoms with Crippen molar-refractivity contribution >= 4 is 34.1 Å². The summed E-state index contributed by atoms with van der Waals surface area (Å²) in [6.07, 6.45) is 3.55. The average molecular weight is 372 g/mol. The van der Waals surface area contributed by atoms with Gasteiger partial charge in [-0.15, -0.1) is 11.3 Å². The molecule has 0 radical (unpaired) electrons. The van der Waals surface area contributed by atoms with Gasteiger partial charge < -0.3 is 15.7 Å². The molecule has 1 aromatic carbocycles. The van der Waals surface area contributed by atoms with Crippen molar-refractivity contribution in [2.45, 2.75) is 32.1 Å². The summed E-state index contributed by atoms with van der Waals surface area (Å²) in [5, 5.41) is 16.3. The van der Waals surface area contributed by atoms with Crippen LogP contribution in [0, 0.1) is 0 Å². The van der Waals surface area contributed by atoms with E-state index >= 15 is 0 Å². The zero-order valence-corrected chi connectivity index (χ0v) is 15.0. The number of fused-ring (bicyclic) bond motifs is 1. The quantitative estimate of drug-likeness (QED) is 0.651. The lowest BCUT2D eigenvalue weighted by molar-refractivity contribution is -0.137. The molecule has 0 saturated carbocycles. The van der Waals surface area contributed by atoms with E-state index in [2.05, 4.69) is 10.6 Å². The molecule has 0 aliphatic heterocycles. The van der Waals surface area contributed by atoms with Crippen molar-refractivity contribution in [3.05, 3.63) is 51.9 Å². The lowest BCUT2D eigenvalue weighted by Gasteiger charge is -2.08. The molecule has 6 nitrogen and oxygen atoms in total. The van der Waals surface area contributed by atoms with Gasteiger partial charge in [-0.05, 0) is 60.4 Å². The van der Waals surface area contributed by atoms with Crippen LogP contribution < -0.4 is 10.6 Å². The third-order valence-corrected chi connectivity index (χ3v) is 5.18. The summed E-state index contributed by atoms with van der Waals surface area (Å²) in [5.74, 6) is -1.44. The van der Waals surface area contributed by atoms with E-state index in [0.29, 0.717) is 22.5 Å². The molecule has 0 fully saturated rings. The number of thiophene rings is 1. The van der Waals surface area contributed by atoms with Crippen LogP contribution in [-0.2, 0) is 17.6 Å². The minimum atomic E-state index is -0.892. The predicted molar refractivity (Wildman–Crippen MR) is 99.9 cm³/mol. The van der Waals surface area contributed by atoms with Crippen molar-refractivity contribution in [1.29, 1.82) is 0 Å². The number of rotatable bonds is 7. The Morgan fingerprint density at radius 2 is 1.88 bits per heavy atom. The van der Waals surface area contributed by atoms with Crippen LogP contribution in [-0.4, -0.2) is 29.4 Å². The number of carbonyl (C=O) groups excluding carboxylic acids is 2. The molecule has 0 unspecified atom stereocenters. The Kier molecular flexibility index (Phi) is 5.68. The molecule has 3 rings (SSSR count). The van der Waals surface area contributed by atoms with E-state index in [0.717, 1.165) is 19.3 Å². The Morgan fingerprint density at radius 1 is 1.08 bits per heavy atom. The fourth-order valence-electron chi connectivity index (χ4n) is 3.01. The minimum absolute atomic E-state index is 0.00579. The van der Waals surface area contributed by atoms with Crippen LogP contribution >= 0.6 is 11.3 Å². The van der Waals surface area contributed by atoms with Crippen LogP contribution in [0.15, 0.2) is 29.6 Å². The number of carbonyl (C=O) groups is 3. The highest BCUT2D eigenvalue weighted by atomic mass is 32.1. The summed E-state index contributed by atoms with van der Waals surface area (Å²) < 4.78 is 0. The molecule has 2 aromatic rings. The molecule has 3 N–H and O–H groups in total. The zero-order chi connectivity index (χ0) is 18.5. The van der Waals surface area contributed by atoms with Crippen LogP contribution in [0.3, 0.4) is 0 Å². The summed E-state index contributed by atoms with van der Waals surface area (Å²) >= 11 is 1.28. The molecular formula is C19H20N2O4S. The average Bonchev–Trinajstić information content (AvgIpc) is 3.26. The summed E-state index contributed by atoms with van der Waals surface area (Å²) in [6.45, 7) is 0.277. The Labute approximate surface area is 155 Å². The third kappa shape index (κ3) is 4.29. The largest absolute Gasteiger partial charge is 0.481 e. The first-order valence-corrected chi connectivity index (χ1v) is 9.43. The van der Waals surface area contributed by atoms with Crippen LogP contribution in [0.1, 0.15) is 51.1 Å². The second-order valence-corrected chi connectivity index (χ2v) is 7.12. The van der Waals surface area contributed by atoms with Crippen molar-refractivity contribution in [2.24, 2.45) is 0 Å². The first kappa shape index (κ1) is 18.1. The van der Waals surface area contributed by atoms with Crippen molar-refractivity contribution < 1.29 is 19.5 Å². The van der Waals surface area contributed by atoms with Crippen molar-refractivity contribution in [3.8, 4) is 0 Å². The SMILES string of the molecule is O=C(O)CCCNC(=O)c1ccsc1NC(=O)c1ccc2c(c1)CCC2. The van der Waals surface area contributed by atoms with Crippen LogP contribution in [0.2, 0.25) is 0 Å². The summed E-state index contributed by atoms with van der Waals surface area (Å²) in [7, 11) is 0. The van der Waals surface area contributed by atoms with Gasteiger partial charge in [-0.1, -0.05) is 6.07 Å². The normalized spacial score (nSPS) is 12.5. The smallest absolute Gasteiger partial charge is 0.303 e. The fourth-order valence-corrected chi connectivity index (χ4v) is 3.79. The number of benzene rings is 1. The van der Waals surface area contributed by atoms with Gasteiger partial charge in [-0.2, -0.15) is 0 Å². The molecule has 0 bridgehead atoms. The molecule has 1 aliphatic carbocycles. The topological polar surface area (TPSA) is 95.5 Å². The number of hydrogen-bond donors (Lipinski definition) is 3. The molecule has 1 aliphatic rings.